The number of nitrogens with zero attached hydrogens (tertiary/aromatic N) is 2. The molecule has 1 aliphatic rings. The number of hydrogen-bond donors (Lipinski definition) is 0. The standard InChI is InChI=1S/C17H16N2O6/c1-23-15-4-2-3-5-16(15)25-11-17(20)18-8-9-24-14-7-6-12(19(21)22)10-13(14)18/h2-7,10H,8-9,11H2,1H3. The van der Waals surface area contributed by atoms with E-state index in [-0.39, 0.29) is 18.2 Å². The van der Waals surface area contributed by atoms with E-state index in [1.165, 1.54) is 30.2 Å². The molecule has 0 saturated heterocycles. The van der Waals surface area contributed by atoms with Crippen LogP contribution in [-0.4, -0.2) is 37.7 Å². The summed E-state index contributed by atoms with van der Waals surface area (Å²) in [6, 6.07) is 11.2. The molecular weight excluding hydrogens is 328 g/mol. The normalized spacial score (nSPS) is 12.8. The van der Waals surface area contributed by atoms with Crippen LogP contribution in [-0.2, 0) is 4.79 Å². The fourth-order valence-corrected chi connectivity index (χ4v) is 2.53. The summed E-state index contributed by atoms with van der Waals surface area (Å²) in [6.07, 6.45) is 0. The molecule has 1 heterocycles. The van der Waals surface area contributed by atoms with Gasteiger partial charge in [0.2, 0.25) is 0 Å². The zero-order valence-electron chi connectivity index (χ0n) is 13.5. The zero-order valence-corrected chi connectivity index (χ0v) is 13.5. The van der Waals surface area contributed by atoms with Crippen molar-refractivity contribution >= 4 is 17.3 Å². The first-order chi connectivity index (χ1) is 12.1. The molecule has 0 unspecified atom stereocenters. The minimum absolute atomic E-state index is 0.104. The number of methoxy groups -OCH3 is 1. The second kappa shape index (κ2) is 7.08. The van der Waals surface area contributed by atoms with E-state index in [2.05, 4.69) is 0 Å². The Bertz CT molecular complexity index is 807. The number of ether oxygens (including phenoxy) is 3. The van der Waals surface area contributed by atoms with Crippen molar-refractivity contribution in [1.29, 1.82) is 0 Å². The van der Waals surface area contributed by atoms with Gasteiger partial charge in [-0.2, -0.15) is 0 Å². The van der Waals surface area contributed by atoms with Gasteiger partial charge in [0.25, 0.3) is 11.6 Å². The Hall–Kier alpha value is -3.29. The summed E-state index contributed by atoms with van der Waals surface area (Å²) in [5.74, 6) is 1.08. The Morgan fingerprint density at radius 2 is 2.04 bits per heavy atom. The third-order valence-electron chi connectivity index (χ3n) is 3.74. The maximum absolute atomic E-state index is 12.5. The van der Waals surface area contributed by atoms with Gasteiger partial charge in [0.15, 0.2) is 18.1 Å². The lowest BCUT2D eigenvalue weighted by Gasteiger charge is -2.29. The number of anilines is 1. The van der Waals surface area contributed by atoms with Crippen LogP contribution in [0, 0.1) is 10.1 Å². The van der Waals surface area contributed by atoms with Gasteiger partial charge in [0.1, 0.15) is 12.4 Å². The van der Waals surface area contributed by atoms with E-state index in [0.29, 0.717) is 36.1 Å². The fourth-order valence-electron chi connectivity index (χ4n) is 2.53. The van der Waals surface area contributed by atoms with Crippen molar-refractivity contribution in [2.45, 2.75) is 0 Å². The Kier molecular flexibility index (Phi) is 4.69. The molecule has 130 valence electrons. The number of para-hydroxylation sites is 2. The van der Waals surface area contributed by atoms with E-state index in [1.54, 1.807) is 24.3 Å². The summed E-state index contributed by atoms with van der Waals surface area (Å²) in [5.41, 5.74) is 0.266. The van der Waals surface area contributed by atoms with Crippen molar-refractivity contribution in [3.8, 4) is 17.2 Å². The maximum atomic E-state index is 12.5. The predicted octanol–water partition coefficient (Wildman–Crippen LogP) is 2.41. The maximum Gasteiger partial charge on any atom is 0.271 e. The van der Waals surface area contributed by atoms with Crippen LogP contribution >= 0.6 is 0 Å². The van der Waals surface area contributed by atoms with Gasteiger partial charge in [-0.25, -0.2) is 0 Å². The van der Waals surface area contributed by atoms with Gasteiger partial charge in [-0.3, -0.25) is 14.9 Å². The Morgan fingerprint density at radius 1 is 1.28 bits per heavy atom. The molecule has 0 saturated carbocycles. The molecule has 2 aromatic carbocycles. The first-order valence-corrected chi connectivity index (χ1v) is 7.57. The van der Waals surface area contributed by atoms with Crippen LogP contribution < -0.4 is 19.1 Å². The van der Waals surface area contributed by atoms with Crippen molar-refractivity contribution in [2.24, 2.45) is 0 Å². The lowest BCUT2D eigenvalue weighted by atomic mass is 10.2. The zero-order chi connectivity index (χ0) is 17.8. The van der Waals surface area contributed by atoms with Crippen LogP contribution in [0.5, 0.6) is 17.2 Å². The molecule has 8 heteroatoms. The van der Waals surface area contributed by atoms with E-state index in [0.717, 1.165) is 0 Å². The van der Waals surface area contributed by atoms with Crippen LogP contribution in [0.2, 0.25) is 0 Å². The molecule has 1 aliphatic heterocycles. The third-order valence-corrected chi connectivity index (χ3v) is 3.74. The Labute approximate surface area is 143 Å². The number of fused-ring (bicyclic) bond motifs is 1. The Morgan fingerprint density at radius 3 is 2.76 bits per heavy atom. The van der Waals surface area contributed by atoms with Gasteiger partial charge < -0.3 is 19.1 Å². The monoisotopic (exact) mass is 344 g/mol. The van der Waals surface area contributed by atoms with Gasteiger partial charge in [-0.15, -0.1) is 0 Å². The average molecular weight is 344 g/mol. The predicted molar refractivity (Wildman–Crippen MR) is 89.4 cm³/mol. The van der Waals surface area contributed by atoms with E-state index in [1.807, 2.05) is 0 Å². The van der Waals surface area contributed by atoms with Crippen molar-refractivity contribution < 1.29 is 23.9 Å². The van der Waals surface area contributed by atoms with Gasteiger partial charge in [0, 0.05) is 12.1 Å². The number of carbonyl (C=O) groups excluding carboxylic acids is 1. The molecule has 1 amide bonds. The van der Waals surface area contributed by atoms with Crippen molar-refractivity contribution in [3.05, 3.63) is 52.6 Å². The largest absolute Gasteiger partial charge is 0.493 e. The molecule has 0 bridgehead atoms. The van der Waals surface area contributed by atoms with Crippen LogP contribution in [0.25, 0.3) is 0 Å². The summed E-state index contributed by atoms with van der Waals surface area (Å²) in [4.78, 5) is 24.4. The summed E-state index contributed by atoms with van der Waals surface area (Å²) < 4.78 is 16.2. The van der Waals surface area contributed by atoms with E-state index in [9.17, 15) is 14.9 Å². The highest BCUT2D eigenvalue weighted by atomic mass is 16.6. The molecule has 0 aliphatic carbocycles. The summed E-state index contributed by atoms with van der Waals surface area (Å²) in [7, 11) is 1.52. The summed E-state index contributed by atoms with van der Waals surface area (Å²) in [5, 5.41) is 11.0. The molecule has 8 nitrogen and oxygen atoms in total. The van der Waals surface area contributed by atoms with Crippen LogP contribution in [0.4, 0.5) is 11.4 Å². The number of amides is 1. The minimum atomic E-state index is -0.511. The van der Waals surface area contributed by atoms with Crippen molar-refractivity contribution in [2.75, 3.05) is 31.8 Å². The van der Waals surface area contributed by atoms with Crippen LogP contribution in [0.1, 0.15) is 0 Å². The molecule has 0 fully saturated rings. The van der Waals surface area contributed by atoms with Crippen LogP contribution in [0.3, 0.4) is 0 Å². The van der Waals surface area contributed by atoms with Crippen LogP contribution in [0.15, 0.2) is 42.5 Å². The van der Waals surface area contributed by atoms with Crippen molar-refractivity contribution in [3.63, 3.8) is 0 Å². The Balaban J connectivity index is 1.77. The molecular formula is C17H16N2O6. The first kappa shape index (κ1) is 16.6. The highest BCUT2D eigenvalue weighted by Crippen LogP contribution is 2.35. The lowest BCUT2D eigenvalue weighted by Crippen LogP contribution is -2.40. The first-order valence-electron chi connectivity index (χ1n) is 7.57. The van der Waals surface area contributed by atoms with Gasteiger partial charge >= 0.3 is 0 Å². The number of hydrogen-bond acceptors (Lipinski definition) is 6. The second-order valence-electron chi connectivity index (χ2n) is 5.24. The topological polar surface area (TPSA) is 91.1 Å². The van der Waals surface area contributed by atoms with E-state index >= 15 is 0 Å². The highest BCUT2D eigenvalue weighted by Gasteiger charge is 2.26. The highest BCUT2D eigenvalue weighted by molar-refractivity contribution is 5.96. The lowest BCUT2D eigenvalue weighted by molar-refractivity contribution is -0.384. The number of nitro benzene ring substituents is 1. The number of nitro groups is 1. The molecule has 0 atom stereocenters. The van der Waals surface area contributed by atoms with E-state index in [4.69, 9.17) is 14.2 Å². The number of non-ortho nitro benzene ring substituents is 1. The molecule has 0 radical (unpaired) electrons. The summed E-state index contributed by atoms with van der Waals surface area (Å²) in [6.45, 7) is 0.385. The van der Waals surface area contributed by atoms with Crippen molar-refractivity contribution in [1.82, 2.24) is 0 Å². The quantitative estimate of drug-likeness (QED) is 0.611. The number of rotatable bonds is 5. The molecule has 25 heavy (non-hydrogen) atoms. The van der Waals surface area contributed by atoms with Gasteiger partial charge in [0.05, 0.1) is 24.3 Å². The average Bonchev–Trinajstić information content (AvgIpc) is 2.65. The SMILES string of the molecule is COc1ccccc1OCC(=O)N1CCOc2ccc([N+](=O)[O-])cc21. The van der Waals surface area contributed by atoms with E-state index < -0.39 is 4.92 Å². The molecule has 3 rings (SSSR count). The molecule has 0 spiro atoms. The number of carbonyl (C=O) groups is 1. The van der Waals surface area contributed by atoms with Gasteiger partial charge in [-0.05, 0) is 18.2 Å². The molecule has 0 aromatic heterocycles. The number of benzene rings is 2. The molecule has 2 aromatic rings. The van der Waals surface area contributed by atoms with Gasteiger partial charge in [-0.1, -0.05) is 12.1 Å². The summed E-state index contributed by atoms with van der Waals surface area (Å²) >= 11 is 0. The smallest absolute Gasteiger partial charge is 0.271 e. The third kappa shape index (κ3) is 3.47. The minimum Gasteiger partial charge on any atom is -0.493 e. The fraction of sp³-hybridized carbons (Fsp3) is 0.235. The second-order valence-corrected chi connectivity index (χ2v) is 5.24. The molecule has 0 N–H and O–H groups in total.